The lowest BCUT2D eigenvalue weighted by Gasteiger charge is -2.18. The van der Waals surface area contributed by atoms with Crippen molar-refractivity contribution in [3.8, 4) is 0 Å². The maximum absolute atomic E-state index is 12.1. The Morgan fingerprint density at radius 1 is 1.19 bits per heavy atom. The van der Waals surface area contributed by atoms with Crippen molar-refractivity contribution in [2.24, 2.45) is 0 Å². The Balaban J connectivity index is 1.58. The molecule has 21 heavy (non-hydrogen) atoms. The summed E-state index contributed by atoms with van der Waals surface area (Å²) in [5.41, 5.74) is 3.12. The minimum Gasteiger partial charge on any atom is -0.343 e. The fourth-order valence-corrected chi connectivity index (χ4v) is 2.96. The van der Waals surface area contributed by atoms with Crippen LogP contribution in [0.4, 0.5) is 0 Å². The standard InChI is InChI=1S/C16H21N3O2/c20-15(19-7-1-2-8-19)11-18-16(21)13-4-3-12-5-6-17-10-14(12)9-13/h3-4,9,17H,1-2,5-8,10-11H2,(H,18,21). The van der Waals surface area contributed by atoms with Gasteiger partial charge in [0.25, 0.3) is 5.91 Å². The molecule has 5 heteroatoms. The monoisotopic (exact) mass is 287 g/mol. The van der Waals surface area contributed by atoms with E-state index in [0.717, 1.165) is 45.4 Å². The molecule has 0 atom stereocenters. The molecule has 2 heterocycles. The van der Waals surface area contributed by atoms with Crippen LogP contribution in [0.5, 0.6) is 0 Å². The summed E-state index contributed by atoms with van der Waals surface area (Å²) in [6.45, 7) is 3.53. The molecule has 1 saturated heterocycles. The van der Waals surface area contributed by atoms with E-state index in [1.54, 1.807) is 0 Å². The molecule has 2 amide bonds. The van der Waals surface area contributed by atoms with Crippen LogP contribution in [-0.4, -0.2) is 42.9 Å². The van der Waals surface area contributed by atoms with E-state index in [1.807, 2.05) is 23.1 Å². The highest BCUT2D eigenvalue weighted by molar-refractivity contribution is 5.96. The molecule has 0 radical (unpaired) electrons. The van der Waals surface area contributed by atoms with Crippen LogP contribution in [0.15, 0.2) is 18.2 Å². The summed E-state index contributed by atoms with van der Waals surface area (Å²) >= 11 is 0. The van der Waals surface area contributed by atoms with Gasteiger partial charge in [-0.1, -0.05) is 6.07 Å². The molecule has 0 aromatic heterocycles. The van der Waals surface area contributed by atoms with Crippen LogP contribution in [0.2, 0.25) is 0 Å². The average molecular weight is 287 g/mol. The summed E-state index contributed by atoms with van der Waals surface area (Å²) in [4.78, 5) is 25.9. The average Bonchev–Trinajstić information content (AvgIpc) is 3.06. The van der Waals surface area contributed by atoms with Gasteiger partial charge < -0.3 is 15.5 Å². The fourth-order valence-electron chi connectivity index (χ4n) is 2.96. The highest BCUT2D eigenvalue weighted by atomic mass is 16.2. The molecule has 3 rings (SSSR count). The Morgan fingerprint density at radius 2 is 2.00 bits per heavy atom. The fraction of sp³-hybridized carbons (Fsp3) is 0.500. The van der Waals surface area contributed by atoms with Crippen molar-refractivity contribution < 1.29 is 9.59 Å². The molecule has 0 aliphatic carbocycles. The number of nitrogens with one attached hydrogen (secondary N) is 2. The number of fused-ring (bicyclic) bond motifs is 1. The molecular weight excluding hydrogens is 266 g/mol. The summed E-state index contributed by atoms with van der Waals surface area (Å²) in [6, 6.07) is 5.80. The van der Waals surface area contributed by atoms with E-state index in [1.165, 1.54) is 11.1 Å². The first kappa shape index (κ1) is 14.1. The van der Waals surface area contributed by atoms with Gasteiger partial charge in [-0.15, -0.1) is 0 Å². The first-order valence-corrected chi connectivity index (χ1v) is 7.62. The summed E-state index contributed by atoms with van der Waals surface area (Å²) in [6.07, 6.45) is 3.14. The number of amides is 2. The molecule has 1 aromatic rings. The molecule has 5 nitrogen and oxygen atoms in total. The highest BCUT2D eigenvalue weighted by Crippen LogP contribution is 2.15. The number of nitrogens with zero attached hydrogens (tertiary/aromatic N) is 1. The normalized spacial score (nSPS) is 17.4. The lowest BCUT2D eigenvalue weighted by molar-refractivity contribution is -0.129. The van der Waals surface area contributed by atoms with E-state index < -0.39 is 0 Å². The quantitative estimate of drug-likeness (QED) is 0.859. The van der Waals surface area contributed by atoms with Gasteiger partial charge in [0.1, 0.15) is 0 Å². The Kier molecular flexibility index (Phi) is 4.20. The number of benzene rings is 1. The van der Waals surface area contributed by atoms with Crippen molar-refractivity contribution >= 4 is 11.8 Å². The number of rotatable bonds is 3. The first-order chi connectivity index (χ1) is 10.2. The predicted molar refractivity (Wildman–Crippen MR) is 80.0 cm³/mol. The molecule has 2 aliphatic heterocycles. The molecular formula is C16H21N3O2. The van der Waals surface area contributed by atoms with Crippen LogP contribution in [0.1, 0.15) is 34.3 Å². The van der Waals surface area contributed by atoms with Gasteiger partial charge in [0.15, 0.2) is 0 Å². The maximum Gasteiger partial charge on any atom is 0.251 e. The third-order valence-electron chi connectivity index (χ3n) is 4.21. The molecule has 0 spiro atoms. The van der Waals surface area contributed by atoms with Crippen LogP contribution in [0.25, 0.3) is 0 Å². The highest BCUT2D eigenvalue weighted by Gasteiger charge is 2.19. The Labute approximate surface area is 124 Å². The molecule has 0 unspecified atom stereocenters. The second-order valence-corrected chi connectivity index (χ2v) is 5.68. The van der Waals surface area contributed by atoms with Gasteiger partial charge in [0.2, 0.25) is 5.91 Å². The van der Waals surface area contributed by atoms with Gasteiger partial charge in [-0.25, -0.2) is 0 Å². The SMILES string of the molecule is O=C(NCC(=O)N1CCCC1)c1ccc2c(c1)CNCC2. The first-order valence-electron chi connectivity index (χ1n) is 7.62. The zero-order chi connectivity index (χ0) is 14.7. The summed E-state index contributed by atoms with van der Waals surface area (Å²) in [5, 5.41) is 6.03. The number of carbonyl (C=O) groups excluding carboxylic acids is 2. The lowest BCUT2D eigenvalue weighted by Crippen LogP contribution is -2.38. The Bertz CT molecular complexity index is 550. The van der Waals surface area contributed by atoms with Crippen LogP contribution in [-0.2, 0) is 17.8 Å². The second-order valence-electron chi connectivity index (χ2n) is 5.68. The lowest BCUT2D eigenvalue weighted by atomic mass is 9.98. The number of hydrogen-bond acceptors (Lipinski definition) is 3. The third kappa shape index (κ3) is 3.24. The van der Waals surface area contributed by atoms with E-state index in [9.17, 15) is 9.59 Å². The predicted octanol–water partition coefficient (Wildman–Crippen LogP) is 0.684. The molecule has 2 N–H and O–H groups in total. The molecule has 112 valence electrons. The van der Waals surface area contributed by atoms with Crippen molar-refractivity contribution in [3.63, 3.8) is 0 Å². The zero-order valence-corrected chi connectivity index (χ0v) is 12.2. The zero-order valence-electron chi connectivity index (χ0n) is 12.2. The minimum absolute atomic E-state index is 0.0143. The number of carbonyl (C=O) groups is 2. The number of likely N-dealkylation sites (tertiary alicyclic amines) is 1. The second kappa shape index (κ2) is 6.26. The van der Waals surface area contributed by atoms with Crippen LogP contribution in [0, 0.1) is 0 Å². The van der Waals surface area contributed by atoms with Crippen molar-refractivity contribution in [2.45, 2.75) is 25.8 Å². The molecule has 1 fully saturated rings. The van der Waals surface area contributed by atoms with E-state index in [4.69, 9.17) is 0 Å². The van der Waals surface area contributed by atoms with E-state index in [-0.39, 0.29) is 18.4 Å². The van der Waals surface area contributed by atoms with E-state index in [0.29, 0.717) is 5.56 Å². The molecule has 1 aromatic carbocycles. The van der Waals surface area contributed by atoms with Gasteiger partial charge in [0, 0.05) is 25.2 Å². The van der Waals surface area contributed by atoms with Crippen molar-refractivity contribution in [1.29, 1.82) is 0 Å². The Hall–Kier alpha value is -1.88. The topological polar surface area (TPSA) is 61.4 Å². The van der Waals surface area contributed by atoms with Crippen LogP contribution < -0.4 is 10.6 Å². The van der Waals surface area contributed by atoms with Gasteiger partial charge in [-0.2, -0.15) is 0 Å². The molecule has 2 aliphatic rings. The van der Waals surface area contributed by atoms with E-state index >= 15 is 0 Å². The summed E-state index contributed by atoms with van der Waals surface area (Å²) in [5.74, 6) is -0.156. The summed E-state index contributed by atoms with van der Waals surface area (Å²) < 4.78 is 0. The van der Waals surface area contributed by atoms with Crippen molar-refractivity contribution in [3.05, 3.63) is 34.9 Å². The largest absolute Gasteiger partial charge is 0.343 e. The van der Waals surface area contributed by atoms with E-state index in [2.05, 4.69) is 10.6 Å². The van der Waals surface area contributed by atoms with Crippen LogP contribution >= 0.6 is 0 Å². The maximum atomic E-state index is 12.1. The van der Waals surface area contributed by atoms with Crippen molar-refractivity contribution in [1.82, 2.24) is 15.5 Å². The van der Waals surface area contributed by atoms with Gasteiger partial charge >= 0.3 is 0 Å². The molecule has 0 saturated carbocycles. The van der Waals surface area contributed by atoms with Gasteiger partial charge in [0.05, 0.1) is 6.54 Å². The molecule has 0 bridgehead atoms. The number of hydrogen-bond donors (Lipinski definition) is 2. The van der Waals surface area contributed by atoms with Crippen LogP contribution in [0.3, 0.4) is 0 Å². The van der Waals surface area contributed by atoms with Gasteiger partial charge in [-0.05, 0) is 49.1 Å². The van der Waals surface area contributed by atoms with Gasteiger partial charge in [-0.3, -0.25) is 9.59 Å². The third-order valence-corrected chi connectivity index (χ3v) is 4.21. The minimum atomic E-state index is -0.170. The van der Waals surface area contributed by atoms with Crippen molar-refractivity contribution in [2.75, 3.05) is 26.2 Å². The summed E-state index contributed by atoms with van der Waals surface area (Å²) in [7, 11) is 0. The Morgan fingerprint density at radius 3 is 2.81 bits per heavy atom. The smallest absolute Gasteiger partial charge is 0.251 e.